The van der Waals surface area contributed by atoms with Crippen LogP contribution >= 0.6 is 11.6 Å². The van der Waals surface area contributed by atoms with E-state index in [1.54, 1.807) is 36.4 Å². The van der Waals surface area contributed by atoms with Crippen molar-refractivity contribution in [1.29, 1.82) is 0 Å². The lowest BCUT2D eigenvalue weighted by Gasteiger charge is -2.04. The summed E-state index contributed by atoms with van der Waals surface area (Å²) in [5.41, 5.74) is 0.997. The molecule has 0 aliphatic carbocycles. The van der Waals surface area contributed by atoms with Crippen LogP contribution in [0.4, 0.5) is 4.39 Å². The third kappa shape index (κ3) is 4.97. The molecule has 0 spiro atoms. The highest BCUT2D eigenvalue weighted by molar-refractivity contribution is 7.92. The molecule has 0 saturated carbocycles. The molecule has 0 unspecified atom stereocenters. The van der Waals surface area contributed by atoms with E-state index in [0.717, 1.165) is 5.41 Å². The summed E-state index contributed by atoms with van der Waals surface area (Å²) in [7, 11) is -3.64. The van der Waals surface area contributed by atoms with Crippen molar-refractivity contribution in [3.63, 3.8) is 0 Å². The quantitative estimate of drug-likeness (QED) is 0.913. The first-order chi connectivity index (χ1) is 9.96. The molecule has 6 heteroatoms. The molecular weight excluding hydrogens is 313 g/mol. The van der Waals surface area contributed by atoms with Gasteiger partial charge in [-0.25, -0.2) is 17.5 Å². The van der Waals surface area contributed by atoms with Gasteiger partial charge >= 0.3 is 0 Å². The number of nitrogens with one attached hydrogen (secondary N) is 1. The number of hydrogen-bond acceptors (Lipinski definition) is 2. The highest BCUT2D eigenvalue weighted by atomic mass is 35.5. The average molecular weight is 326 g/mol. The second-order valence-corrected chi connectivity index (χ2v) is 6.40. The van der Waals surface area contributed by atoms with E-state index in [1.165, 1.54) is 18.2 Å². The summed E-state index contributed by atoms with van der Waals surface area (Å²) >= 11 is 5.74. The van der Waals surface area contributed by atoms with E-state index in [-0.39, 0.29) is 6.54 Å². The second-order valence-electron chi connectivity index (χ2n) is 4.31. The minimum Gasteiger partial charge on any atom is -0.208 e. The van der Waals surface area contributed by atoms with Crippen LogP contribution in [0.15, 0.2) is 53.9 Å². The van der Waals surface area contributed by atoms with E-state index in [1.807, 2.05) is 0 Å². The molecule has 0 aliphatic rings. The van der Waals surface area contributed by atoms with E-state index in [4.69, 9.17) is 11.6 Å². The van der Waals surface area contributed by atoms with Gasteiger partial charge in [0.1, 0.15) is 5.82 Å². The molecule has 21 heavy (non-hydrogen) atoms. The monoisotopic (exact) mass is 325 g/mol. The average Bonchev–Trinajstić information content (AvgIpc) is 2.46. The Hall–Kier alpha value is -1.69. The van der Waals surface area contributed by atoms with E-state index in [2.05, 4.69) is 4.72 Å². The fraction of sp³-hybridized carbons (Fsp3) is 0.0667. The summed E-state index contributed by atoms with van der Waals surface area (Å²) < 4.78 is 39.3. The molecule has 2 aromatic rings. The summed E-state index contributed by atoms with van der Waals surface area (Å²) in [4.78, 5) is 0. The zero-order valence-electron chi connectivity index (χ0n) is 11.0. The SMILES string of the molecule is O=S(=O)(/C=C/c1ccc(Cl)cc1)NCc1ccccc1F. The van der Waals surface area contributed by atoms with Crippen LogP contribution in [-0.4, -0.2) is 8.42 Å². The second kappa shape index (κ2) is 6.85. The molecule has 0 amide bonds. The predicted molar refractivity (Wildman–Crippen MR) is 82.6 cm³/mol. The van der Waals surface area contributed by atoms with E-state index in [9.17, 15) is 12.8 Å². The number of sulfonamides is 1. The highest BCUT2D eigenvalue weighted by Crippen LogP contribution is 2.11. The van der Waals surface area contributed by atoms with E-state index in [0.29, 0.717) is 16.1 Å². The van der Waals surface area contributed by atoms with Gasteiger partial charge in [-0.15, -0.1) is 0 Å². The van der Waals surface area contributed by atoms with Crippen molar-refractivity contribution in [3.05, 3.63) is 75.9 Å². The van der Waals surface area contributed by atoms with Crippen LogP contribution in [0.25, 0.3) is 6.08 Å². The first kappa shape index (κ1) is 15.7. The Balaban J connectivity index is 2.02. The van der Waals surface area contributed by atoms with Gasteiger partial charge in [0.25, 0.3) is 0 Å². The van der Waals surface area contributed by atoms with Gasteiger partial charge in [-0.05, 0) is 29.8 Å². The van der Waals surface area contributed by atoms with Crippen LogP contribution in [0.1, 0.15) is 11.1 Å². The molecule has 0 aliphatic heterocycles. The molecule has 110 valence electrons. The van der Waals surface area contributed by atoms with Crippen LogP contribution in [0.5, 0.6) is 0 Å². The first-order valence-corrected chi connectivity index (χ1v) is 8.05. The van der Waals surface area contributed by atoms with Crippen molar-refractivity contribution in [2.24, 2.45) is 0 Å². The smallest absolute Gasteiger partial charge is 0.208 e. The van der Waals surface area contributed by atoms with Crippen molar-refractivity contribution in [3.8, 4) is 0 Å². The Labute approximate surface area is 128 Å². The molecule has 0 atom stereocenters. The molecule has 0 aromatic heterocycles. The maximum atomic E-state index is 13.4. The van der Waals surface area contributed by atoms with Gasteiger partial charge in [-0.3, -0.25) is 0 Å². The lowest BCUT2D eigenvalue weighted by Crippen LogP contribution is -2.21. The minimum atomic E-state index is -3.64. The molecule has 2 aromatic carbocycles. The summed E-state index contributed by atoms with van der Waals surface area (Å²) in [5, 5.41) is 1.62. The van der Waals surface area contributed by atoms with Gasteiger partial charge in [0.2, 0.25) is 10.0 Å². The Bertz CT molecular complexity index is 743. The largest absolute Gasteiger partial charge is 0.234 e. The molecule has 1 N–H and O–H groups in total. The predicted octanol–water partition coefficient (Wildman–Crippen LogP) is 3.57. The highest BCUT2D eigenvalue weighted by Gasteiger charge is 2.07. The zero-order chi connectivity index (χ0) is 15.3. The van der Waals surface area contributed by atoms with Crippen LogP contribution in [-0.2, 0) is 16.6 Å². The first-order valence-electron chi connectivity index (χ1n) is 6.13. The Kier molecular flexibility index (Phi) is 5.12. The van der Waals surface area contributed by atoms with Crippen LogP contribution in [0.3, 0.4) is 0 Å². The molecule has 3 nitrogen and oxygen atoms in total. The zero-order valence-corrected chi connectivity index (χ0v) is 12.5. The van der Waals surface area contributed by atoms with Crippen molar-refractivity contribution in [2.75, 3.05) is 0 Å². The van der Waals surface area contributed by atoms with Crippen molar-refractivity contribution in [2.45, 2.75) is 6.54 Å². The molecule has 0 heterocycles. The fourth-order valence-electron chi connectivity index (χ4n) is 1.61. The molecule has 2 rings (SSSR count). The Morgan fingerprint density at radius 1 is 1.10 bits per heavy atom. The minimum absolute atomic E-state index is 0.0973. The van der Waals surface area contributed by atoms with Crippen LogP contribution in [0, 0.1) is 5.82 Å². The van der Waals surface area contributed by atoms with Crippen LogP contribution in [0.2, 0.25) is 5.02 Å². The maximum absolute atomic E-state index is 13.4. The molecule has 0 bridgehead atoms. The van der Waals surface area contributed by atoms with E-state index >= 15 is 0 Å². The number of rotatable bonds is 5. The Morgan fingerprint density at radius 3 is 2.43 bits per heavy atom. The van der Waals surface area contributed by atoms with Gasteiger partial charge < -0.3 is 0 Å². The standard InChI is InChI=1S/C15H13ClFNO2S/c16-14-7-5-12(6-8-14)9-10-21(19,20)18-11-13-3-1-2-4-15(13)17/h1-10,18H,11H2/b10-9+. The fourth-order valence-corrected chi connectivity index (χ4v) is 2.53. The van der Waals surface area contributed by atoms with Gasteiger partial charge in [0.15, 0.2) is 0 Å². The van der Waals surface area contributed by atoms with Crippen molar-refractivity contribution in [1.82, 2.24) is 4.72 Å². The number of halogens is 2. The molecule has 0 radical (unpaired) electrons. The van der Waals surface area contributed by atoms with Crippen molar-refractivity contribution < 1.29 is 12.8 Å². The number of benzene rings is 2. The van der Waals surface area contributed by atoms with Gasteiger partial charge in [0.05, 0.1) is 0 Å². The molecule has 0 saturated heterocycles. The van der Waals surface area contributed by atoms with Gasteiger partial charge in [-0.1, -0.05) is 41.9 Å². The molecular formula is C15H13ClFNO2S. The normalized spacial score (nSPS) is 11.9. The topological polar surface area (TPSA) is 46.2 Å². The lowest BCUT2D eigenvalue weighted by molar-refractivity contribution is 0.582. The maximum Gasteiger partial charge on any atom is 0.234 e. The number of hydrogen-bond donors (Lipinski definition) is 1. The van der Waals surface area contributed by atoms with Gasteiger partial charge in [-0.2, -0.15) is 0 Å². The summed E-state index contributed by atoms with van der Waals surface area (Å²) in [6, 6.07) is 12.7. The summed E-state index contributed by atoms with van der Waals surface area (Å²) in [6.45, 7) is -0.0973. The van der Waals surface area contributed by atoms with Crippen molar-refractivity contribution >= 4 is 27.7 Å². The summed E-state index contributed by atoms with van der Waals surface area (Å²) in [5.74, 6) is -0.443. The van der Waals surface area contributed by atoms with E-state index < -0.39 is 15.8 Å². The lowest BCUT2D eigenvalue weighted by atomic mass is 10.2. The summed E-state index contributed by atoms with van der Waals surface area (Å²) in [6.07, 6.45) is 1.44. The third-order valence-electron chi connectivity index (χ3n) is 2.73. The third-order valence-corrected chi connectivity index (χ3v) is 4.02. The molecule has 0 fully saturated rings. The van der Waals surface area contributed by atoms with Crippen LogP contribution < -0.4 is 4.72 Å². The van der Waals surface area contributed by atoms with Gasteiger partial charge in [0, 0.05) is 22.5 Å². The Morgan fingerprint density at radius 2 is 1.76 bits per heavy atom.